The number of hydrogen-bond donors (Lipinski definition) is 1. The van der Waals surface area contributed by atoms with E-state index in [4.69, 9.17) is 0 Å². The van der Waals surface area contributed by atoms with Crippen LogP contribution in [0.3, 0.4) is 0 Å². The molecule has 1 heterocycles. The highest BCUT2D eigenvalue weighted by Gasteiger charge is 2.43. The fourth-order valence-corrected chi connectivity index (χ4v) is 1.78. The minimum absolute atomic E-state index is 0.449. The van der Waals surface area contributed by atoms with Crippen molar-refractivity contribution in [1.82, 2.24) is 5.32 Å². The van der Waals surface area contributed by atoms with Crippen LogP contribution in [0.2, 0.25) is 0 Å². The number of carbonyl (C=O) groups excluding carboxylic acids is 3. The molecule has 2 amide bonds. The molecule has 1 aliphatic heterocycles. The summed E-state index contributed by atoms with van der Waals surface area (Å²) in [6.07, 6.45) is -0.449. The molecule has 1 aliphatic rings. The Bertz CT molecular complexity index is 264. The summed E-state index contributed by atoms with van der Waals surface area (Å²) in [5.74, 6) is -1.91. The first-order valence-corrected chi connectivity index (χ1v) is 4.00. The number of imide groups is 1. The summed E-state index contributed by atoms with van der Waals surface area (Å²) in [6, 6.07) is 0. The van der Waals surface area contributed by atoms with Crippen molar-refractivity contribution in [3.63, 3.8) is 0 Å². The smallest absolute Gasteiger partial charge is 0.286 e. The standard InChI is InChI=1S/C6H7NO4S/c1-6(2-3(8)9)4(10)7-5(11)12-6/h2H2,1H3,(H,8,9)(H,7,10,11)/p-1/t6-/m1/s1. The first-order valence-electron chi connectivity index (χ1n) is 3.18. The van der Waals surface area contributed by atoms with Gasteiger partial charge >= 0.3 is 0 Å². The molecule has 5 nitrogen and oxygen atoms in total. The largest absolute Gasteiger partial charge is 0.550 e. The third-order valence-corrected chi connectivity index (χ3v) is 2.56. The molecule has 0 bridgehead atoms. The Balaban J connectivity index is 2.77. The summed E-state index contributed by atoms with van der Waals surface area (Å²) in [6.45, 7) is 1.40. The molecule has 0 aliphatic carbocycles. The lowest BCUT2D eigenvalue weighted by atomic mass is 10.1. The van der Waals surface area contributed by atoms with Crippen LogP contribution >= 0.6 is 11.8 Å². The Kier molecular flexibility index (Phi) is 2.10. The molecule has 1 fully saturated rings. The molecule has 1 atom stereocenters. The van der Waals surface area contributed by atoms with Gasteiger partial charge < -0.3 is 9.90 Å². The molecule has 12 heavy (non-hydrogen) atoms. The predicted molar refractivity (Wildman–Crippen MR) is 39.2 cm³/mol. The van der Waals surface area contributed by atoms with Gasteiger partial charge in [0.2, 0.25) is 5.91 Å². The number of hydrogen-bond acceptors (Lipinski definition) is 5. The van der Waals surface area contributed by atoms with Gasteiger partial charge in [0.1, 0.15) is 4.75 Å². The van der Waals surface area contributed by atoms with Crippen molar-refractivity contribution in [2.45, 2.75) is 18.1 Å². The highest BCUT2D eigenvalue weighted by molar-refractivity contribution is 8.16. The van der Waals surface area contributed by atoms with E-state index in [1.54, 1.807) is 0 Å². The normalized spacial score (nSPS) is 28.8. The maximum Gasteiger partial charge on any atom is 0.286 e. The summed E-state index contributed by atoms with van der Waals surface area (Å²) in [5.41, 5.74) is 0. The molecule has 1 rings (SSSR count). The van der Waals surface area contributed by atoms with Gasteiger partial charge in [-0.25, -0.2) is 0 Å². The van der Waals surface area contributed by atoms with E-state index in [1.165, 1.54) is 6.92 Å². The Labute approximate surface area is 72.5 Å². The molecular weight excluding hydrogens is 182 g/mol. The van der Waals surface area contributed by atoms with Crippen LogP contribution in [0.15, 0.2) is 0 Å². The van der Waals surface area contributed by atoms with E-state index < -0.39 is 28.3 Å². The van der Waals surface area contributed by atoms with Crippen molar-refractivity contribution >= 4 is 28.9 Å². The van der Waals surface area contributed by atoms with E-state index in [0.717, 1.165) is 0 Å². The van der Waals surface area contributed by atoms with Crippen molar-refractivity contribution in [3.05, 3.63) is 0 Å². The lowest BCUT2D eigenvalue weighted by Crippen LogP contribution is -2.39. The molecule has 0 aromatic carbocycles. The Morgan fingerprint density at radius 2 is 2.25 bits per heavy atom. The molecule has 66 valence electrons. The second kappa shape index (κ2) is 2.78. The molecule has 0 spiro atoms. The molecule has 0 aromatic rings. The summed E-state index contributed by atoms with van der Waals surface area (Å²) < 4.78 is -1.20. The van der Waals surface area contributed by atoms with E-state index in [1.807, 2.05) is 5.32 Å². The van der Waals surface area contributed by atoms with Gasteiger partial charge in [-0.2, -0.15) is 0 Å². The van der Waals surface area contributed by atoms with Gasteiger partial charge in [-0.1, -0.05) is 0 Å². The van der Waals surface area contributed by atoms with Crippen LogP contribution in [0.1, 0.15) is 13.3 Å². The minimum atomic E-state index is -1.34. The molecular formula is C6H6NO4S-. The lowest BCUT2D eigenvalue weighted by molar-refractivity contribution is -0.306. The number of rotatable bonds is 2. The van der Waals surface area contributed by atoms with Gasteiger partial charge in [0.05, 0.1) is 0 Å². The SMILES string of the molecule is C[C@]1(CC(=O)[O-])SC(=O)NC1=O. The highest BCUT2D eigenvalue weighted by Crippen LogP contribution is 2.33. The number of amides is 2. The average Bonchev–Trinajstić information content (AvgIpc) is 2.04. The number of nitrogens with one attached hydrogen (secondary N) is 1. The maximum atomic E-state index is 11.0. The summed E-state index contributed by atoms with van der Waals surface area (Å²) in [5, 5.41) is 11.7. The number of carboxylic acids is 1. The molecule has 0 saturated carbocycles. The zero-order valence-electron chi connectivity index (χ0n) is 6.25. The number of thioether (sulfide) groups is 1. The van der Waals surface area contributed by atoms with Gasteiger partial charge in [0.25, 0.3) is 5.24 Å². The van der Waals surface area contributed by atoms with Crippen molar-refractivity contribution in [3.8, 4) is 0 Å². The summed E-state index contributed by atoms with van der Waals surface area (Å²) in [7, 11) is 0. The van der Waals surface area contributed by atoms with Gasteiger partial charge in [0.15, 0.2) is 0 Å². The van der Waals surface area contributed by atoms with E-state index in [2.05, 4.69) is 0 Å². The summed E-state index contributed by atoms with van der Waals surface area (Å²) >= 11 is 0.684. The highest BCUT2D eigenvalue weighted by atomic mass is 32.2. The van der Waals surface area contributed by atoms with E-state index >= 15 is 0 Å². The van der Waals surface area contributed by atoms with E-state index in [0.29, 0.717) is 11.8 Å². The first kappa shape index (κ1) is 9.05. The van der Waals surface area contributed by atoms with Gasteiger partial charge in [0, 0.05) is 12.4 Å². The van der Waals surface area contributed by atoms with Crippen LogP contribution in [0.25, 0.3) is 0 Å². The Hall–Kier alpha value is -1.04. The van der Waals surface area contributed by atoms with Crippen molar-refractivity contribution in [1.29, 1.82) is 0 Å². The number of carboxylic acid groups (broad SMARTS) is 1. The van der Waals surface area contributed by atoms with Crippen molar-refractivity contribution in [2.24, 2.45) is 0 Å². The lowest BCUT2D eigenvalue weighted by Gasteiger charge is -2.17. The molecule has 6 heteroatoms. The van der Waals surface area contributed by atoms with E-state index in [9.17, 15) is 19.5 Å². The molecule has 1 saturated heterocycles. The second-order valence-corrected chi connectivity index (χ2v) is 4.10. The van der Waals surface area contributed by atoms with Crippen molar-refractivity contribution < 1.29 is 19.5 Å². The third kappa shape index (κ3) is 1.58. The molecule has 1 N–H and O–H groups in total. The molecule has 0 unspecified atom stereocenters. The average molecular weight is 188 g/mol. The fourth-order valence-electron chi connectivity index (χ4n) is 0.893. The van der Waals surface area contributed by atoms with E-state index in [-0.39, 0.29) is 0 Å². The van der Waals surface area contributed by atoms with Crippen molar-refractivity contribution in [2.75, 3.05) is 0 Å². The zero-order chi connectivity index (χ0) is 9.35. The minimum Gasteiger partial charge on any atom is -0.550 e. The molecule has 0 radical (unpaired) electrons. The maximum absolute atomic E-state index is 11.0. The van der Waals surface area contributed by atoms with Gasteiger partial charge in [-0.15, -0.1) is 0 Å². The monoisotopic (exact) mass is 188 g/mol. The van der Waals surface area contributed by atoms with Gasteiger partial charge in [-0.3, -0.25) is 14.9 Å². The topological polar surface area (TPSA) is 86.3 Å². The fraction of sp³-hybridized carbons (Fsp3) is 0.500. The first-order chi connectivity index (χ1) is 5.44. The van der Waals surface area contributed by atoms with Crippen LogP contribution in [-0.2, 0) is 9.59 Å². The third-order valence-electron chi connectivity index (χ3n) is 1.50. The van der Waals surface area contributed by atoms with Gasteiger partial charge in [-0.05, 0) is 18.7 Å². The quantitative estimate of drug-likeness (QED) is 0.592. The molecule has 0 aromatic heterocycles. The van der Waals surface area contributed by atoms with Crippen LogP contribution < -0.4 is 10.4 Å². The zero-order valence-corrected chi connectivity index (χ0v) is 7.06. The summed E-state index contributed by atoms with van der Waals surface area (Å²) in [4.78, 5) is 31.9. The predicted octanol–water partition coefficient (Wildman–Crippen LogP) is -1.13. The number of aliphatic carboxylic acids is 1. The van der Waals surface area contributed by atoms with Crippen LogP contribution in [0.4, 0.5) is 4.79 Å². The Morgan fingerprint density at radius 1 is 1.67 bits per heavy atom. The van der Waals surface area contributed by atoms with Crippen LogP contribution in [-0.4, -0.2) is 21.9 Å². The van der Waals surface area contributed by atoms with Crippen LogP contribution in [0, 0.1) is 0 Å². The Morgan fingerprint density at radius 3 is 2.58 bits per heavy atom. The van der Waals surface area contributed by atoms with Crippen LogP contribution in [0.5, 0.6) is 0 Å². The number of carbonyl (C=O) groups is 3. The second-order valence-electron chi connectivity index (χ2n) is 2.62.